The highest BCUT2D eigenvalue weighted by Crippen LogP contribution is 2.09. The second-order valence-corrected chi connectivity index (χ2v) is 5.00. The van der Waals surface area contributed by atoms with Crippen LogP contribution in [0.3, 0.4) is 0 Å². The number of nitrogens with two attached hydrogens (primary N) is 1. The van der Waals surface area contributed by atoms with Crippen molar-refractivity contribution in [2.75, 3.05) is 32.7 Å². The van der Waals surface area contributed by atoms with Gasteiger partial charge in [-0.1, -0.05) is 0 Å². The predicted octanol–water partition coefficient (Wildman–Crippen LogP) is -0.657. The molecule has 1 heterocycles. The number of hydrogen-bond acceptors (Lipinski definition) is 4. The smallest absolute Gasteiger partial charge is 0.304 e. The van der Waals surface area contributed by atoms with Crippen LogP contribution in [0, 0.1) is 0 Å². The minimum atomic E-state index is -0.830. The van der Waals surface area contributed by atoms with E-state index in [1.807, 2.05) is 0 Å². The second-order valence-electron chi connectivity index (χ2n) is 5.00. The van der Waals surface area contributed by atoms with Crippen LogP contribution in [0.15, 0.2) is 0 Å². The Balaban J connectivity index is 2.36. The minimum absolute atomic E-state index is 0.0459. The highest BCUT2D eigenvalue weighted by atomic mass is 16.4. The molecular formula is C11H21N3O3. The van der Waals surface area contributed by atoms with Crippen LogP contribution in [0.4, 0.5) is 0 Å². The number of carbonyl (C=O) groups is 2. The van der Waals surface area contributed by atoms with Crippen LogP contribution < -0.4 is 5.73 Å². The van der Waals surface area contributed by atoms with Crippen LogP contribution in [0.5, 0.6) is 0 Å². The van der Waals surface area contributed by atoms with Gasteiger partial charge in [-0.25, -0.2) is 0 Å². The normalized spacial score (nSPS) is 18.2. The van der Waals surface area contributed by atoms with Crippen molar-refractivity contribution in [2.24, 2.45) is 5.73 Å². The molecule has 1 aliphatic rings. The first-order valence-corrected chi connectivity index (χ1v) is 5.83. The van der Waals surface area contributed by atoms with E-state index in [1.165, 1.54) is 0 Å². The Morgan fingerprint density at radius 1 is 1.24 bits per heavy atom. The number of rotatable bonds is 4. The van der Waals surface area contributed by atoms with E-state index in [0.29, 0.717) is 19.6 Å². The van der Waals surface area contributed by atoms with Crippen molar-refractivity contribution in [3.05, 3.63) is 0 Å². The molecule has 0 spiro atoms. The third-order valence-electron chi connectivity index (χ3n) is 2.85. The summed E-state index contributed by atoms with van der Waals surface area (Å²) in [5.74, 6) is -0.831. The molecule has 0 aliphatic carbocycles. The van der Waals surface area contributed by atoms with Crippen LogP contribution in [0.2, 0.25) is 0 Å². The maximum atomic E-state index is 11.9. The summed E-state index contributed by atoms with van der Waals surface area (Å²) in [5, 5.41) is 8.58. The number of carboxylic acids is 1. The maximum Gasteiger partial charge on any atom is 0.304 e. The molecule has 1 saturated heterocycles. The fourth-order valence-corrected chi connectivity index (χ4v) is 1.84. The lowest BCUT2D eigenvalue weighted by molar-refractivity contribution is -0.139. The zero-order chi connectivity index (χ0) is 13.1. The van der Waals surface area contributed by atoms with E-state index in [9.17, 15) is 9.59 Å². The van der Waals surface area contributed by atoms with Gasteiger partial charge in [-0.3, -0.25) is 14.5 Å². The number of hydrogen-bond donors (Lipinski definition) is 2. The van der Waals surface area contributed by atoms with E-state index in [0.717, 1.165) is 13.1 Å². The summed E-state index contributed by atoms with van der Waals surface area (Å²) in [6.45, 7) is 6.63. The first-order valence-electron chi connectivity index (χ1n) is 5.83. The van der Waals surface area contributed by atoms with E-state index < -0.39 is 11.5 Å². The summed E-state index contributed by atoms with van der Waals surface area (Å²) in [6, 6.07) is 0. The van der Waals surface area contributed by atoms with Gasteiger partial charge in [0, 0.05) is 32.7 Å². The average Bonchev–Trinajstić information content (AvgIpc) is 2.25. The predicted molar refractivity (Wildman–Crippen MR) is 63.5 cm³/mol. The molecule has 6 nitrogen and oxygen atoms in total. The Kier molecular flexibility index (Phi) is 4.47. The molecule has 0 aromatic carbocycles. The molecule has 98 valence electrons. The van der Waals surface area contributed by atoms with Gasteiger partial charge in [-0.05, 0) is 13.8 Å². The maximum absolute atomic E-state index is 11.9. The van der Waals surface area contributed by atoms with Crippen molar-refractivity contribution in [3.8, 4) is 0 Å². The fraction of sp³-hybridized carbons (Fsp3) is 0.818. The summed E-state index contributed by atoms with van der Waals surface area (Å²) >= 11 is 0. The van der Waals surface area contributed by atoms with Crippen LogP contribution >= 0.6 is 0 Å². The van der Waals surface area contributed by atoms with Gasteiger partial charge in [-0.2, -0.15) is 0 Å². The summed E-state index contributed by atoms with van der Waals surface area (Å²) in [5.41, 5.74) is 4.93. The lowest BCUT2D eigenvalue weighted by Crippen LogP contribution is -2.57. The van der Waals surface area contributed by atoms with Crippen molar-refractivity contribution in [1.82, 2.24) is 9.80 Å². The Morgan fingerprint density at radius 3 is 2.18 bits per heavy atom. The summed E-state index contributed by atoms with van der Waals surface area (Å²) in [4.78, 5) is 26.1. The number of piperazine rings is 1. The molecule has 6 heteroatoms. The zero-order valence-electron chi connectivity index (χ0n) is 10.5. The van der Waals surface area contributed by atoms with Crippen LogP contribution in [-0.4, -0.2) is 65.0 Å². The minimum Gasteiger partial charge on any atom is -0.481 e. The van der Waals surface area contributed by atoms with Crippen LogP contribution in [0.1, 0.15) is 20.3 Å². The molecule has 17 heavy (non-hydrogen) atoms. The van der Waals surface area contributed by atoms with Crippen molar-refractivity contribution in [3.63, 3.8) is 0 Å². The highest BCUT2D eigenvalue weighted by Gasteiger charge is 2.30. The van der Waals surface area contributed by atoms with Gasteiger partial charge < -0.3 is 15.7 Å². The average molecular weight is 243 g/mol. The summed E-state index contributed by atoms with van der Waals surface area (Å²) in [6.07, 6.45) is 0.149. The first kappa shape index (κ1) is 13.9. The Labute approximate surface area is 101 Å². The number of aliphatic carboxylic acids is 1. The fourth-order valence-electron chi connectivity index (χ4n) is 1.84. The molecule has 3 N–H and O–H groups in total. The molecule has 1 aliphatic heterocycles. The first-order chi connectivity index (χ1) is 7.80. The van der Waals surface area contributed by atoms with Gasteiger partial charge in [0.15, 0.2) is 0 Å². The molecule has 0 bridgehead atoms. The van der Waals surface area contributed by atoms with Crippen molar-refractivity contribution >= 4 is 11.9 Å². The topological polar surface area (TPSA) is 86.9 Å². The monoisotopic (exact) mass is 243 g/mol. The SMILES string of the molecule is CC(C)(N)C(=O)N1CCN(CCC(=O)O)CC1. The van der Waals surface area contributed by atoms with Gasteiger partial charge in [0.05, 0.1) is 12.0 Å². The standard InChI is InChI=1S/C11H21N3O3/c1-11(2,12)10(17)14-7-5-13(6-8-14)4-3-9(15)16/h3-8,12H2,1-2H3,(H,15,16). The van der Waals surface area contributed by atoms with E-state index in [-0.39, 0.29) is 12.3 Å². The van der Waals surface area contributed by atoms with E-state index >= 15 is 0 Å². The highest BCUT2D eigenvalue weighted by molar-refractivity contribution is 5.85. The van der Waals surface area contributed by atoms with Crippen molar-refractivity contribution in [1.29, 1.82) is 0 Å². The van der Waals surface area contributed by atoms with Gasteiger partial charge in [0.25, 0.3) is 0 Å². The van der Waals surface area contributed by atoms with Gasteiger partial charge in [0.1, 0.15) is 0 Å². The third kappa shape index (κ3) is 4.32. The molecule has 0 aromatic rings. The molecule has 0 unspecified atom stereocenters. The second kappa shape index (κ2) is 5.46. The molecule has 1 fully saturated rings. The molecule has 0 radical (unpaired) electrons. The quantitative estimate of drug-likeness (QED) is 0.684. The zero-order valence-corrected chi connectivity index (χ0v) is 10.5. The third-order valence-corrected chi connectivity index (χ3v) is 2.85. The van der Waals surface area contributed by atoms with E-state index in [1.54, 1.807) is 18.7 Å². The Hall–Kier alpha value is -1.14. The molecular weight excluding hydrogens is 222 g/mol. The largest absolute Gasteiger partial charge is 0.481 e. The number of carbonyl (C=O) groups excluding carboxylic acids is 1. The number of carboxylic acid groups (broad SMARTS) is 1. The molecule has 0 aromatic heterocycles. The molecule has 1 rings (SSSR count). The molecule has 0 atom stereocenters. The Morgan fingerprint density at radius 2 is 1.76 bits per heavy atom. The van der Waals surface area contributed by atoms with Gasteiger partial charge in [0.2, 0.25) is 5.91 Å². The number of nitrogens with zero attached hydrogens (tertiary/aromatic N) is 2. The summed E-state index contributed by atoms with van der Waals surface area (Å²) < 4.78 is 0. The summed E-state index contributed by atoms with van der Waals surface area (Å²) in [7, 11) is 0. The number of amides is 1. The van der Waals surface area contributed by atoms with E-state index in [2.05, 4.69) is 4.90 Å². The van der Waals surface area contributed by atoms with E-state index in [4.69, 9.17) is 10.8 Å². The van der Waals surface area contributed by atoms with Gasteiger partial charge in [-0.15, -0.1) is 0 Å². The molecule has 0 saturated carbocycles. The lowest BCUT2D eigenvalue weighted by atomic mass is 10.0. The van der Waals surface area contributed by atoms with Crippen LogP contribution in [-0.2, 0) is 9.59 Å². The van der Waals surface area contributed by atoms with Crippen molar-refractivity contribution in [2.45, 2.75) is 25.8 Å². The lowest BCUT2D eigenvalue weighted by Gasteiger charge is -2.37. The Bertz CT molecular complexity index is 291. The van der Waals surface area contributed by atoms with Crippen LogP contribution in [0.25, 0.3) is 0 Å². The molecule has 1 amide bonds. The van der Waals surface area contributed by atoms with Gasteiger partial charge >= 0.3 is 5.97 Å². The van der Waals surface area contributed by atoms with Crippen molar-refractivity contribution < 1.29 is 14.7 Å².